The van der Waals surface area contributed by atoms with E-state index in [1.807, 2.05) is 12.1 Å². The number of nitrogens with one attached hydrogen (secondary N) is 1. The van der Waals surface area contributed by atoms with Crippen LogP contribution in [-0.4, -0.2) is 23.4 Å². The van der Waals surface area contributed by atoms with Crippen LogP contribution in [0.15, 0.2) is 75.8 Å². The highest BCUT2D eigenvalue weighted by Crippen LogP contribution is 2.33. The molecule has 0 saturated heterocycles. The van der Waals surface area contributed by atoms with E-state index in [0.717, 1.165) is 5.52 Å². The van der Waals surface area contributed by atoms with Crippen LogP contribution in [0.2, 0.25) is 0 Å². The highest BCUT2D eigenvalue weighted by molar-refractivity contribution is 6.19. The van der Waals surface area contributed by atoms with Gasteiger partial charge in [-0.05, 0) is 24.3 Å². The van der Waals surface area contributed by atoms with Gasteiger partial charge in [0.15, 0.2) is 11.3 Å². The molecule has 154 valence electrons. The third-order valence-electron chi connectivity index (χ3n) is 5.27. The number of furan rings is 2. The molecule has 0 aliphatic carbocycles. The first kappa shape index (κ1) is 18.7. The molecule has 3 heterocycles. The van der Waals surface area contributed by atoms with E-state index in [4.69, 9.17) is 13.6 Å². The molecule has 31 heavy (non-hydrogen) atoms. The average molecular weight is 414 g/mol. The number of para-hydroxylation sites is 1. The summed E-state index contributed by atoms with van der Waals surface area (Å²) in [5, 5.41) is 3.51. The lowest BCUT2D eigenvalue weighted by Gasteiger charge is -2.08. The quantitative estimate of drug-likeness (QED) is 0.409. The highest BCUT2D eigenvalue weighted by atomic mass is 16.5. The number of hydrogen-bond donors (Lipinski definition) is 1. The molecule has 5 aromatic rings. The molecule has 0 spiro atoms. The van der Waals surface area contributed by atoms with E-state index >= 15 is 0 Å². The van der Waals surface area contributed by atoms with E-state index in [1.54, 1.807) is 66.4 Å². The smallest absolute Gasteiger partial charge is 0.272 e. The number of ketones is 1. The van der Waals surface area contributed by atoms with Gasteiger partial charge in [0.1, 0.15) is 17.0 Å². The Morgan fingerprint density at radius 2 is 1.84 bits per heavy atom. The SMILES string of the molecule is COc1cccc(C(=O)c2oc3ccccc3c2NC(=O)c2cc3occc3n2C)c1. The Morgan fingerprint density at radius 3 is 2.65 bits per heavy atom. The van der Waals surface area contributed by atoms with Crippen LogP contribution >= 0.6 is 0 Å². The fourth-order valence-electron chi connectivity index (χ4n) is 3.67. The minimum absolute atomic E-state index is 0.0562. The number of rotatable bonds is 5. The summed E-state index contributed by atoms with van der Waals surface area (Å²) in [6, 6.07) is 17.4. The first-order valence-corrected chi connectivity index (χ1v) is 9.61. The molecule has 0 fully saturated rings. The van der Waals surface area contributed by atoms with Crippen molar-refractivity contribution < 1.29 is 23.2 Å². The third kappa shape index (κ3) is 3.07. The number of hydrogen-bond acceptors (Lipinski definition) is 5. The molecule has 5 rings (SSSR count). The van der Waals surface area contributed by atoms with Crippen molar-refractivity contribution in [2.45, 2.75) is 0 Å². The molecule has 0 atom stereocenters. The molecule has 1 amide bonds. The van der Waals surface area contributed by atoms with Gasteiger partial charge in [0.2, 0.25) is 5.78 Å². The molecular weight excluding hydrogens is 396 g/mol. The van der Waals surface area contributed by atoms with E-state index in [9.17, 15) is 9.59 Å². The fraction of sp³-hybridized carbons (Fsp3) is 0.0833. The second-order valence-electron chi connectivity index (χ2n) is 7.08. The Labute approximate surface area is 176 Å². The van der Waals surface area contributed by atoms with Crippen molar-refractivity contribution in [1.29, 1.82) is 0 Å². The lowest BCUT2D eigenvalue weighted by molar-refractivity contribution is 0.101. The summed E-state index contributed by atoms with van der Waals surface area (Å²) in [6.07, 6.45) is 1.57. The van der Waals surface area contributed by atoms with Gasteiger partial charge in [-0.2, -0.15) is 0 Å². The zero-order valence-electron chi connectivity index (χ0n) is 16.8. The van der Waals surface area contributed by atoms with Crippen LogP contribution in [0.25, 0.3) is 22.1 Å². The molecule has 0 bridgehead atoms. The van der Waals surface area contributed by atoms with Crippen molar-refractivity contribution in [3.63, 3.8) is 0 Å². The summed E-state index contributed by atoms with van der Waals surface area (Å²) in [4.78, 5) is 26.4. The van der Waals surface area contributed by atoms with Crippen LogP contribution in [0.1, 0.15) is 26.6 Å². The van der Waals surface area contributed by atoms with E-state index in [0.29, 0.717) is 39.2 Å². The second kappa shape index (κ2) is 7.21. The topological polar surface area (TPSA) is 86.6 Å². The summed E-state index contributed by atoms with van der Waals surface area (Å²) in [5.41, 5.74) is 3.04. The first-order chi connectivity index (χ1) is 15.1. The summed E-state index contributed by atoms with van der Waals surface area (Å²) >= 11 is 0. The van der Waals surface area contributed by atoms with Crippen molar-refractivity contribution in [3.8, 4) is 5.75 Å². The van der Waals surface area contributed by atoms with Crippen LogP contribution in [-0.2, 0) is 7.05 Å². The van der Waals surface area contributed by atoms with E-state index in [1.165, 1.54) is 7.11 Å². The Kier molecular flexibility index (Phi) is 4.36. The fourth-order valence-corrected chi connectivity index (χ4v) is 3.67. The number of fused-ring (bicyclic) bond motifs is 2. The monoisotopic (exact) mass is 414 g/mol. The Balaban J connectivity index is 1.59. The van der Waals surface area contributed by atoms with Gasteiger partial charge < -0.3 is 23.5 Å². The lowest BCUT2D eigenvalue weighted by Crippen LogP contribution is -2.17. The van der Waals surface area contributed by atoms with Crippen molar-refractivity contribution in [2.24, 2.45) is 7.05 Å². The summed E-state index contributed by atoms with van der Waals surface area (Å²) < 4.78 is 18.2. The molecule has 0 saturated carbocycles. The van der Waals surface area contributed by atoms with Gasteiger partial charge in [-0.1, -0.05) is 24.3 Å². The van der Waals surface area contributed by atoms with E-state index in [2.05, 4.69) is 5.32 Å². The summed E-state index contributed by atoms with van der Waals surface area (Å²) in [5.74, 6) is -0.120. The zero-order valence-corrected chi connectivity index (χ0v) is 16.8. The molecule has 0 radical (unpaired) electrons. The number of ether oxygens (including phenoxy) is 1. The van der Waals surface area contributed by atoms with Crippen LogP contribution in [0.3, 0.4) is 0 Å². The highest BCUT2D eigenvalue weighted by Gasteiger charge is 2.25. The summed E-state index contributed by atoms with van der Waals surface area (Å²) in [7, 11) is 3.31. The maximum atomic E-state index is 13.3. The standard InChI is InChI=1S/C24H18N2O5/c1-26-17-10-11-30-20(17)13-18(26)24(28)25-21-16-8-3-4-9-19(16)31-23(21)22(27)14-6-5-7-15(12-14)29-2/h3-13H,1-2H3,(H,25,28). The number of amides is 1. The molecule has 1 N–H and O–H groups in total. The minimum atomic E-state index is -0.375. The van der Waals surface area contributed by atoms with E-state index < -0.39 is 0 Å². The van der Waals surface area contributed by atoms with Crippen LogP contribution in [0.4, 0.5) is 5.69 Å². The van der Waals surface area contributed by atoms with E-state index in [-0.39, 0.29) is 17.5 Å². The average Bonchev–Trinajstić information content (AvgIpc) is 3.48. The van der Waals surface area contributed by atoms with Crippen molar-refractivity contribution >= 4 is 39.4 Å². The first-order valence-electron chi connectivity index (χ1n) is 9.61. The number of anilines is 1. The number of aromatic nitrogens is 1. The van der Waals surface area contributed by atoms with Crippen molar-refractivity contribution in [1.82, 2.24) is 4.57 Å². The molecule has 7 nitrogen and oxygen atoms in total. The summed E-state index contributed by atoms with van der Waals surface area (Å²) in [6.45, 7) is 0. The zero-order chi connectivity index (χ0) is 21.5. The van der Waals surface area contributed by atoms with Gasteiger partial charge in [0.05, 0.1) is 24.6 Å². The lowest BCUT2D eigenvalue weighted by atomic mass is 10.1. The van der Waals surface area contributed by atoms with Crippen LogP contribution < -0.4 is 10.1 Å². The maximum Gasteiger partial charge on any atom is 0.272 e. The van der Waals surface area contributed by atoms with Gasteiger partial charge >= 0.3 is 0 Å². The number of aryl methyl sites for hydroxylation is 1. The molecule has 0 aliphatic heterocycles. The van der Waals surface area contributed by atoms with Gasteiger partial charge in [-0.3, -0.25) is 9.59 Å². The van der Waals surface area contributed by atoms with Gasteiger partial charge in [-0.25, -0.2) is 0 Å². The number of methoxy groups -OCH3 is 1. The Morgan fingerprint density at radius 1 is 1.00 bits per heavy atom. The number of carbonyl (C=O) groups excluding carboxylic acids is 2. The predicted octanol–water partition coefficient (Wildman–Crippen LogP) is 5.01. The second-order valence-corrected chi connectivity index (χ2v) is 7.08. The molecule has 7 heteroatoms. The molecule has 0 aliphatic rings. The number of benzene rings is 2. The van der Waals surface area contributed by atoms with Gasteiger partial charge in [0.25, 0.3) is 5.91 Å². The van der Waals surface area contributed by atoms with Crippen molar-refractivity contribution in [3.05, 3.63) is 83.9 Å². The Hall–Kier alpha value is -4.26. The van der Waals surface area contributed by atoms with Gasteiger partial charge in [0, 0.05) is 30.1 Å². The Bertz CT molecular complexity index is 1450. The maximum absolute atomic E-state index is 13.3. The normalized spacial score (nSPS) is 11.2. The van der Waals surface area contributed by atoms with Crippen molar-refractivity contribution in [2.75, 3.05) is 12.4 Å². The molecule has 0 unspecified atom stereocenters. The number of carbonyl (C=O) groups is 2. The van der Waals surface area contributed by atoms with Gasteiger partial charge in [-0.15, -0.1) is 0 Å². The molecule has 2 aromatic carbocycles. The molecule has 3 aromatic heterocycles. The predicted molar refractivity (Wildman–Crippen MR) is 116 cm³/mol. The third-order valence-corrected chi connectivity index (χ3v) is 5.27. The largest absolute Gasteiger partial charge is 0.497 e. The van der Waals surface area contributed by atoms with Crippen LogP contribution in [0, 0.1) is 0 Å². The minimum Gasteiger partial charge on any atom is -0.497 e. The molecular formula is C24H18N2O5. The van der Waals surface area contributed by atoms with Crippen LogP contribution in [0.5, 0.6) is 5.75 Å². The number of nitrogens with zero attached hydrogens (tertiary/aromatic N) is 1.